The number of carbonyl (C=O) groups excluding carboxylic acids is 2. The fraction of sp³-hybridized carbons (Fsp3) is 0.875. The Morgan fingerprint density at radius 2 is 1.52 bits per heavy atom. The maximum Gasteiger partial charge on any atom is 0.236 e. The van der Waals surface area contributed by atoms with Gasteiger partial charge < -0.3 is 15.5 Å². The van der Waals surface area contributed by atoms with E-state index in [9.17, 15) is 9.59 Å². The van der Waals surface area contributed by atoms with E-state index in [0.29, 0.717) is 44.4 Å². The van der Waals surface area contributed by atoms with E-state index in [1.54, 1.807) is 0 Å². The van der Waals surface area contributed by atoms with E-state index in [1.807, 2.05) is 9.80 Å². The van der Waals surface area contributed by atoms with Crippen LogP contribution >= 0.6 is 12.4 Å². The fourth-order valence-electron chi connectivity index (χ4n) is 3.59. The van der Waals surface area contributed by atoms with Crippen molar-refractivity contribution in [2.75, 3.05) is 52.4 Å². The Hall–Kier alpha value is -0.850. The van der Waals surface area contributed by atoms with Gasteiger partial charge in [-0.25, -0.2) is 0 Å². The molecule has 2 fully saturated rings. The number of hydrogen-bond acceptors (Lipinski definition) is 4. The number of piperazine rings is 1. The number of nitrogens with zero attached hydrogens (tertiary/aromatic N) is 3. The molecule has 134 valence electrons. The van der Waals surface area contributed by atoms with E-state index in [0.717, 1.165) is 26.2 Å². The van der Waals surface area contributed by atoms with Crippen LogP contribution in [0, 0.1) is 11.8 Å². The third kappa shape index (κ3) is 5.94. The third-order valence-corrected chi connectivity index (χ3v) is 4.66. The van der Waals surface area contributed by atoms with E-state index in [4.69, 9.17) is 5.73 Å². The molecule has 0 aromatic rings. The summed E-state index contributed by atoms with van der Waals surface area (Å²) >= 11 is 0. The molecule has 2 aliphatic heterocycles. The second-order valence-electron chi connectivity index (χ2n) is 6.94. The second kappa shape index (κ2) is 9.45. The van der Waals surface area contributed by atoms with E-state index in [-0.39, 0.29) is 24.2 Å². The molecule has 2 unspecified atom stereocenters. The summed E-state index contributed by atoms with van der Waals surface area (Å²) in [6.45, 7) is 10.1. The number of piperidine rings is 1. The van der Waals surface area contributed by atoms with Gasteiger partial charge in [0.25, 0.3) is 0 Å². The Morgan fingerprint density at radius 3 is 2.04 bits per heavy atom. The summed E-state index contributed by atoms with van der Waals surface area (Å²) in [5, 5.41) is 0. The lowest BCUT2D eigenvalue weighted by atomic mass is 9.92. The van der Waals surface area contributed by atoms with Gasteiger partial charge in [0.2, 0.25) is 11.8 Å². The molecule has 7 heteroatoms. The molecule has 0 spiro atoms. The molecular weight excluding hydrogens is 316 g/mol. The zero-order valence-corrected chi connectivity index (χ0v) is 15.2. The maximum absolute atomic E-state index is 12.5. The van der Waals surface area contributed by atoms with E-state index in [1.165, 1.54) is 6.42 Å². The third-order valence-electron chi connectivity index (χ3n) is 4.66. The highest BCUT2D eigenvalue weighted by atomic mass is 35.5. The van der Waals surface area contributed by atoms with Gasteiger partial charge in [0.05, 0.1) is 6.54 Å². The normalized spacial score (nSPS) is 25.9. The molecule has 0 bridgehead atoms. The molecule has 0 saturated carbocycles. The molecule has 0 aromatic heterocycles. The Labute approximate surface area is 145 Å². The Balaban J connectivity index is 0.00000264. The summed E-state index contributed by atoms with van der Waals surface area (Å²) in [7, 11) is 0. The number of nitrogens with two attached hydrogens (primary N) is 1. The van der Waals surface area contributed by atoms with E-state index in [2.05, 4.69) is 18.7 Å². The lowest BCUT2D eigenvalue weighted by Crippen LogP contribution is -2.53. The number of rotatable bonds is 4. The first-order chi connectivity index (χ1) is 10.5. The predicted octanol–water partition coefficient (Wildman–Crippen LogP) is 0.406. The molecular formula is C16H31ClN4O2. The van der Waals surface area contributed by atoms with Crippen LogP contribution in [0.4, 0.5) is 0 Å². The van der Waals surface area contributed by atoms with Gasteiger partial charge in [-0.15, -0.1) is 12.4 Å². The standard InChI is InChI=1S/C16H30N4O2.ClH/c1-13-9-14(2)11-20(10-13)16(22)12-18-5-7-19(8-6-18)15(21)3-4-17;/h13-14H,3-12,17H2,1-2H3;1H. The van der Waals surface area contributed by atoms with Crippen molar-refractivity contribution < 1.29 is 9.59 Å². The zero-order valence-electron chi connectivity index (χ0n) is 14.4. The summed E-state index contributed by atoms with van der Waals surface area (Å²) in [5.41, 5.74) is 5.43. The zero-order chi connectivity index (χ0) is 16.1. The largest absolute Gasteiger partial charge is 0.341 e. The van der Waals surface area contributed by atoms with Crippen molar-refractivity contribution >= 4 is 24.2 Å². The van der Waals surface area contributed by atoms with Crippen molar-refractivity contribution in [3.05, 3.63) is 0 Å². The highest BCUT2D eigenvalue weighted by molar-refractivity contribution is 5.85. The number of hydrogen-bond donors (Lipinski definition) is 1. The molecule has 2 N–H and O–H groups in total. The van der Waals surface area contributed by atoms with Gasteiger partial charge in [-0.3, -0.25) is 14.5 Å². The molecule has 2 amide bonds. The van der Waals surface area contributed by atoms with E-state index < -0.39 is 0 Å². The first-order valence-corrected chi connectivity index (χ1v) is 8.47. The van der Waals surface area contributed by atoms with Crippen molar-refractivity contribution in [3.8, 4) is 0 Å². The van der Waals surface area contributed by atoms with Crippen molar-refractivity contribution in [2.45, 2.75) is 26.7 Å². The summed E-state index contributed by atoms with van der Waals surface area (Å²) in [5.74, 6) is 1.56. The van der Waals surface area contributed by atoms with Gasteiger partial charge in [-0.05, 0) is 18.3 Å². The van der Waals surface area contributed by atoms with Crippen LogP contribution in [0.1, 0.15) is 26.7 Å². The van der Waals surface area contributed by atoms with Gasteiger partial charge in [0.15, 0.2) is 0 Å². The lowest BCUT2D eigenvalue weighted by Gasteiger charge is -2.38. The molecule has 2 aliphatic rings. The fourth-order valence-corrected chi connectivity index (χ4v) is 3.59. The topological polar surface area (TPSA) is 69.9 Å². The Kier molecular flexibility index (Phi) is 8.29. The molecule has 0 aromatic carbocycles. The first kappa shape index (κ1) is 20.2. The lowest BCUT2D eigenvalue weighted by molar-refractivity contribution is -0.136. The molecule has 2 rings (SSSR count). The highest BCUT2D eigenvalue weighted by Crippen LogP contribution is 2.21. The smallest absolute Gasteiger partial charge is 0.236 e. The predicted molar refractivity (Wildman–Crippen MR) is 93.5 cm³/mol. The summed E-state index contributed by atoms with van der Waals surface area (Å²) in [6, 6.07) is 0. The Morgan fingerprint density at radius 1 is 0.957 bits per heavy atom. The average molecular weight is 347 g/mol. The van der Waals surface area contributed by atoms with E-state index >= 15 is 0 Å². The SMILES string of the molecule is CC1CC(C)CN(C(=O)CN2CCN(C(=O)CCN)CC2)C1.Cl. The molecule has 6 nitrogen and oxygen atoms in total. The van der Waals surface area contributed by atoms with Crippen molar-refractivity contribution in [1.29, 1.82) is 0 Å². The molecule has 2 saturated heterocycles. The Bertz CT molecular complexity index is 390. The number of amides is 2. The minimum absolute atomic E-state index is 0. The summed E-state index contributed by atoms with van der Waals surface area (Å²) in [4.78, 5) is 30.3. The van der Waals surface area contributed by atoms with Crippen LogP contribution in [0.2, 0.25) is 0 Å². The van der Waals surface area contributed by atoms with Gasteiger partial charge in [0, 0.05) is 52.2 Å². The first-order valence-electron chi connectivity index (χ1n) is 8.47. The van der Waals surface area contributed by atoms with Gasteiger partial charge in [0.1, 0.15) is 0 Å². The monoisotopic (exact) mass is 346 g/mol. The van der Waals surface area contributed by atoms with Crippen LogP contribution < -0.4 is 5.73 Å². The quantitative estimate of drug-likeness (QED) is 0.800. The number of likely N-dealkylation sites (tertiary alicyclic amines) is 1. The minimum atomic E-state index is 0. The highest BCUT2D eigenvalue weighted by Gasteiger charge is 2.28. The molecule has 2 heterocycles. The van der Waals surface area contributed by atoms with Crippen LogP contribution in [0.15, 0.2) is 0 Å². The molecule has 2 atom stereocenters. The summed E-state index contributed by atoms with van der Waals surface area (Å²) in [6.07, 6.45) is 1.63. The number of carbonyl (C=O) groups is 2. The van der Waals surface area contributed by atoms with Crippen LogP contribution in [0.5, 0.6) is 0 Å². The van der Waals surface area contributed by atoms with Gasteiger partial charge in [-0.2, -0.15) is 0 Å². The van der Waals surface area contributed by atoms with Crippen molar-refractivity contribution in [1.82, 2.24) is 14.7 Å². The van der Waals surface area contributed by atoms with Gasteiger partial charge in [-0.1, -0.05) is 13.8 Å². The maximum atomic E-state index is 12.5. The molecule has 23 heavy (non-hydrogen) atoms. The van der Waals surface area contributed by atoms with Crippen molar-refractivity contribution in [3.63, 3.8) is 0 Å². The van der Waals surface area contributed by atoms with Crippen LogP contribution in [-0.2, 0) is 9.59 Å². The van der Waals surface area contributed by atoms with Crippen LogP contribution in [0.3, 0.4) is 0 Å². The summed E-state index contributed by atoms with van der Waals surface area (Å²) < 4.78 is 0. The van der Waals surface area contributed by atoms with Gasteiger partial charge >= 0.3 is 0 Å². The average Bonchev–Trinajstić information content (AvgIpc) is 2.47. The van der Waals surface area contributed by atoms with Crippen LogP contribution in [0.25, 0.3) is 0 Å². The van der Waals surface area contributed by atoms with Crippen LogP contribution in [-0.4, -0.2) is 78.9 Å². The number of halogens is 1. The second-order valence-corrected chi connectivity index (χ2v) is 6.94. The minimum Gasteiger partial charge on any atom is -0.341 e. The van der Waals surface area contributed by atoms with Crippen molar-refractivity contribution in [2.24, 2.45) is 17.6 Å². The molecule has 0 aliphatic carbocycles. The molecule has 0 radical (unpaired) electrons.